The maximum atomic E-state index is 5.00. The Balaban J connectivity index is 1.31. The monoisotopic (exact) mass is 535 g/mol. The van der Waals surface area contributed by atoms with E-state index in [1.807, 2.05) is 6.07 Å². The summed E-state index contributed by atoms with van der Waals surface area (Å²) in [4.78, 5) is 11.1. The van der Waals surface area contributed by atoms with Gasteiger partial charge in [-0.3, -0.25) is 0 Å². The van der Waals surface area contributed by atoms with Crippen LogP contribution in [0.4, 0.5) is 0 Å². The zero-order valence-corrected chi connectivity index (χ0v) is 22.4. The first-order valence-corrected chi connectivity index (χ1v) is 14.5. The van der Waals surface area contributed by atoms with Crippen LogP contribution < -0.4 is 0 Å². The third kappa shape index (κ3) is 3.78. The summed E-state index contributed by atoms with van der Waals surface area (Å²) in [5.41, 5.74) is 8.72. The molecule has 0 saturated carbocycles. The molecule has 0 N–H and O–H groups in total. The van der Waals surface area contributed by atoms with E-state index in [0.717, 1.165) is 38.7 Å². The summed E-state index contributed by atoms with van der Waals surface area (Å²) in [5.74, 6) is 0. The van der Waals surface area contributed by atoms with Crippen molar-refractivity contribution in [2.24, 2.45) is 0 Å². The van der Waals surface area contributed by atoms with E-state index in [0.29, 0.717) is 0 Å². The number of thiophene rings is 1. The highest BCUT2D eigenvalue weighted by Gasteiger charge is 2.15. The van der Waals surface area contributed by atoms with E-state index in [1.165, 1.54) is 31.4 Å². The molecule has 0 amide bonds. The van der Waals surface area contributed by atoms with E-state index in [9.17, 15) is 0 Å². The number of fused-ring (bicyclic) bond motifs is 4. The number of aromatic nitrogens is 3. The van der Waals surface area contributed by atoms with Crippen LogP contribution in [-0.2, 0) is 0 Å². The minimum Gasteiger partial charge on any atom is -0.309 e. The quantitative estimate of drug-likeness (QED) is 0.224. The largest absolute Gasteiger partial charge is 0.309 e. The Kier molecular flexibility index (Phi) is 5.18. The van der Waals surface area contributed by atoms with E-state index < -0.39 is 0 Å². The average molecular weight is 536 g/mol. The number of hydrogen-bond acceptors (Lipinski definition) is 4. The van der Waals surface area contributed by atoms with Gasteiger partial charge >= 0.3 is 0 Å². The second kappa shape index (κ2) is 9.02. The Hall–Kier alpha value is -4.58. The molecule has 184 valence electrons. The number of rotatable bonds is 4. The van der Waals surface area contributed by atoms with Crippen molar-refractivity contribution in [2.45, 2.75) is 0 Å². The molecule has 5 heteroatoms. The van der Waals surface area contributed by atoms with Crippen molar-refractivity contribution < 1.29 is 0 Å². The molecule has 0 radical (unpaired) electrons. The third-order valence-corrected chi connectivity index (χ3v) is 9.12. The molecule has 3 nitrogen and oxygen atoms in total. The Morgan fingerprint density at radius 1 is 0.564 bits per heavy atom. The molecule has 0 atom stereocenters. The Labute approximate surface area is 233 Å². The maximum absolute atomic E-state index is 5.00. The first-order chi connectivity index (χ1) is 19.3. The molecule has 0 saturated heterocycles. The predicted molar refractivity (Wildman–Crippen MR) is 166 cm³/mol. The zero-order valence-electron chi connectivity index (χ0n) is 20.8. The lowest BCUT2D eigenvalue weighted by molar-refractivity contribution is 1.18. The number of para-hydroxylation sites is 2. The summed E-state index contributed by atoms with van der Waals surface area (Å²) < 4.78 is 3.58. The summed E-state index contributed by atoms with van der Waals surface area (Å²) in [6.07, 6.45) is 0. The molecule has 4 aromatic heterocycles. The Bertz CT molecular complexity index is 2100. The molecular weight excluding hydrogens is 515 g/mol. The van der Waals surface area contributed by atoms with Crippen molar-refractivity contribution >= 4 is 54.7 Å². The lowest BCUT2D eigenvalue weighted by atomic mass is 10.1. The summed E-state index contributed by atoms with van der Waals surface area (Å²) in [7, 11) is 0. The minimum atomic E-state index is 0.971. The first-order valence-electron chi connectivity index (χ1n) is 12.8. The summed E-state index contributed by atoms with van der Waals surface area (Å²) in [6, 6.07) is 42.9. The van der Waals surface area contributed by atoms with E-state index >= 15 is 0 Å². The Morgan fingerprint density at radius 2 is 1.41 bits per heavy atom. The van der Waals surface area contributed by atoms with Crippen molar-refractivity contribution in [1.82, 2.24) is 14.5 Å². The van der Waals surface area contributed by atoms with Crippen LogP contribution in [0.2, 0.25) is 0 Å². The third-order valence-electron chi connectivity index (χ3n) is 7.14. The predicted octanol–water partition coefficient (Wildman–Crippen LogP) is 9.85. The minimum absolute atomic E-state index is 0.971. The number of pyridine rings is 1. The van der Waals surface area contributed by atoms with Gasteiger partial charge in [-0.2, -0.15) is 0 Å². The highest BCUT2D eigenvalue weighted by atomic mass is 32.1. The van der Waals surface area contributed by atoms with Crippen molar-refractivity contribution in [2.75, 3.05) is 0 Å². The fourth-order valence-corrected chi connectivity index (χ4v) is 7.00. The van der Waals surface area contributed by atoms with Crippen molar-refractivity contribution in [3.05, 3.63) is 127 Å². The normalized spacial score (nSPS) is 11.6. The summed E-state index contributed by atoms with van der Waals surface area (Å²) >= 11 is 3.45. The molecule has 0 aliphatic rings. The van der Waals surface area contributed by atoms with Gasteiger partial charge in [-0.1, -0.05) is 66.7 Å². The van der Waals surface area contributed by atoms with Crippen molar-refractivity contribution in [1.29, 1.82) is 0 Å². The highest BCUT2D eigenvalue weighted by molar-refractivity contribution is 7.21. The van der Waals surface area contributed by atoms with Crippen LogP contribution in [0.5, 0.6) is 0 Å². The van der Waals surface area contributed by atoms with Gasteiger partial charge in [-0.15, -0.1) is 22.7 Å². The topological polar surface area (TPSA) is 30.7 Å². The van der Waals surface area contributed by atoms with Gasteiger partial charge in [0.05, 0.1) is 37.5 Å². The highest BCUT2D eigenvalue weighted by Crippen LogP contribution is 2.37. The van der Waals surface area contributed by atoms with Crippen LogP contribution >= 0.6 is 22.7 Å². The fourth-order valence-electron chi connectivity index (χ4n) is 5.34. The second-order valence-electron chi connectivity index (χ2n) is 9.51. The number of nitrogens with zero attached hydrogens (tertiary/aromatic N) is 3. The van der Waals surface area contributed by atoms with Gasteiger partial charge < -0.3 is 4.57 Å². The molecule has 0 bridgehead atoms. The van der Waals surface area contributed by atoms with Crippen LogP contribution in [-0.4, -0.2) is 14.5 Å². The SMILES string of the molecule is c1cc(-c2cccc(-c3cccs3)n2)cc(-n2c3ccccc3c3ccc(-c4nc5ccccc5s4)cc32)c1. The molecule has 0 aliphatic carbocycles. The molecule has 0 aliphatic heterocycles. The standard InChI is InChI=1S/C34H21N3S2/c1-3-14-30-25(10-1)26-18-17-23(34-36-29-11-2-4-15-33(29)39-34)21-31(26)37(30)24-9-5-8-22(20-24)27-12-6-13-28(35-27)32-16-7-19-38-32/h1-21H. The van der Waals surface area contributed by atoms with E-state index in [-0.39, 0.29) is 0 Å². The van der Waals surface area contributed by atoms with Gasteiger partial charge in [0.15, 0.2) is 0 Å². The van der Waals surface area contributed by atoms with Gasteiger partial charge in [-0.05, 0) is 60.0 Å². The fraction of sp³-hybridized carbons (Fsp3) is 0. The molecule has 0 unspecified atom stereocenters. The van der Waals surface area contributed by atoms with Gasteiger partial charge in [0, 0.05) is 27.6 Å². The van der Waals surface area contributed by atoms with Gasteiger partial charge in [0.1, 0.15) is 5.01 Å². The first kappa shape index (κ1) is 22.4. The van der Waals surface area contributed by atoms with Crippen LogP contribution in [0.1, 0.15) is 0 Å². The second-order valence-corrected chi connectivity index (χ2v) is 11.5. The lowest BCUT2D eigenvalue weighted by Crippen LogP contribution is -1.95. The van der Waals surface area contributed by atoms with Gasteiger partial charge in [0.2, 0.25) is 0 Å². The van der Waals surface area contributed by atoms with Crippen molar-refractivity contribution in [3.8, 4) is 38.1 Å². The van der Waals surface area contributed by atoms with E-state index in [1.54, 1.807) is 22.7 Å². The molecule has 4 heterocycles. The number of thiazole rings is 1. The molecule has 8 aromatic rings. The van der Waals surface area contributed by atoms with E-state index in [4.69, 9.17) is 9.97 Å². The number of hydrogen-bond donors (Lipinski definition) is 0. The average Bonchev–Trinajstić information content (AvgIpc) is 3.75. The van der Waals surface area contributed by atoms with Crippen molar-refractivity contribution in [3.63, 3.8) is 0 Å². The van der Waals surface area contributed by atoms with Crippen LogP contribution in [0.3, 0.4) is 0 Å². The smallest absolute Gasteiger partial charge is 0.124 e. The molecular formula is C34H21N3S2. The molecule has 39 heavy (non-hydrogen) atoms. The molecule has 0 spiro atoms. The molecule has 4 aromatic carbocycles. The van der Waals surface area contributed by atoms with Crippen LogP contribution in [0.25, 0.3) is 70.1 Å². The zero-order chi connectivity index (χ0) is 25.8. The van der Waals surface area contributed by atoms with Crippen LogP contribution in [0.15, 0.2) is 127 Å². The summed E-state index contributed by atoms with van der Waals surface area (Å²) in [6.45, 7) is 0. The number of benzene rings is 4. The Morgan fingerprint density at radius 3 is 2.33 bits per heavy atom. The van der Waals surface area contributed by atoms with Gasteiger partial charge in [-0.25, -0.2) is 9.97 Å². The van der Waals surface area contributed by atoms with Crippen LogP contribution in [0, 0.1) is 0 Å². The molecule has 8 rings (SSSR count). The summed E-state index contributed by atoms with van der Waals surface area (Å²) in [5, 5.41) is 5.61. The van der Waals surface area contributed by atoms with Gasteiger partial charge in [0.25, 0.3) is 0 Å². The van der Waals surface area contributed by atoms with E-state index in [2.05, 4.69) is 125 Å². The lowest BCUT2D eigenvalue weighted by Gasteiger charge is -2.11. The maximum Gasteiger partial charge on any atom is 0.124 e. The molecule has 0 fully saturated rings.